The largest absolute Gasteiger partial charge is 0.454 e. The second-order valence-corrected chi connectivity index (χ2v) is 8.46. The van der Waals surface area contributed by atoms with Crippen LogP contribution in [-0.4, -0.2) is 26.0 Å². The second kappa shape index (κ2) is 8.18. The summed E-state index contributed by atoms with van der Waals surface area (Å²) in [6.45, 7) is 1.07. The van der Waals surface area contributed by atoms with E-state index in [4.69, 9.17) is 14.2 Å². The van der Waals surface area contributed by atoms with Crippen LogP contribution in [0.2, 0.25) is 0 Å². The first-order valence-electron chi connectivity index (χ1n) is 9.87. The van der Waals surface area contributed by atoms with Crippen LogP contribution in [0, 0.1) is 3.57 Å². The Morgan fingerprint density at radius 2 is 1.63 bits per heavy atom. The van der Waals surface area contributed by atoms with Crippen molar-refractivity contribution in [3.8, 4) is 22.6 Å². The zero-order valence-corrected chi connectivity index (χ0v) is 18.3. The maximum atomic E-state index is 12.3. The SMILES string of the molecule is O=C(NCCc1cc2c(cc1I)OCO2)OCC1c2ccccc2-c2ccccc21. The van der Waals surface area contributed by atoms with E-state index >= 15 is 0 Å². The molecule has 1 aliphatic carbocycles. The van der Waals surface area contributed by atoms with Crippen molar-refractivity contribution in [1.82, 2.24) is 5.32 Å². The highest BCUT2D eigenvalue weighted by molar-refractivity contribution is 14.1. The van der Waals surface area contributed by atoms with Gasteiger partial charge in [-0.15, -0.1) is 0 Å². The number of carbonyl (C=O) groups is 1. The fourth-order valence-corrected chi connectivity index (χ4v) is 4.81. The number of ether oxygens (including phenoxy) is 3. The van der Waals surface area contributed by atoms with E-state index in [2.05, 4.69) is 52.2 Å². The molecule has 1 N–H and O–H groups in total. The van der Waals surface area contributed by atoms with Gasteiger partial charge in [0, 0.05) is 16.0 Å². The molecule has 2 aliphatic rings. The molecule has 3 aromatic carbocycles. The lowest BCUT2D eigenvalue weighted by atomic mass is 9.98. The molecule has 1 aliphatic heterocycles. The van der Waals surface area contributed by atoms with Crippen molar-refractivity contribution in [3.05, 3.63) is 80.9 Å². The van der Waals surface area contributed by atoms with Crippen molar-refractivity contribution < 1.29 is 19.0 Å². The van der Waals surface area contributed by atoms with Crippen LogP contribution in [0.15, 0.2) is 60.7 Å². The number of alkyl carbamates (subject to hydrolysis) is 1. The van der Waals surface area contributed by atoms with Crippen molar-refractivity contribution in [2.45, 2.75) is 12.3 Å². The minimum Gasteiger partial charge on any atom is -0.454 e. The third kappa shape index (κ3) is 3.60. The standard InChI is InChI=1S/C24H20INO4/c25-21-12-23-22(29-14-30-23)11-15(21)9-10-26-24(27)28-13-20-18-7-3-1-5-16(18)17-6-2-4-8-19(17)20/h1-8,11-12,20H,9-10,13-14H2,(H,26,27). The number of halogens is 1. The minimum absolute atomic E-state index is 0.0676. The Bertz CT molecular complexity index is 1070. The predicted molar refractivity (Wildman–Crippen MR) is 122 cm³/mol. The number of fused-ring (bicyclic) bond motifs is 4. The van der Waals surface area contributed by atoms with Gasteiger partial charge in [-0.3, -0.25) is 0 Å². The fourth-order valence-electron chi connectivity index (χ4n) is 4.10. The molecule has 0 saturated heterocycles. The molecule has 30 heavy (non-hydrogen) atoms. The van der Waals surface area contributed by atoms with Crippen molar-refractivity contribution in [1.29, 1.82) is 0 Å². The highest BCUT2D eigenvalue weighted by Crippen LogP contribution is 2.44. The number of nitrogens with one attached hydrogen (secondary N) is 1. The minimum atomic E-state index is -0.396. The molecule has 0 radical (unpaired) electrons. The molecule has 3 aromatic rings. The number of carbonyl (C=O) groups excluding carboxylic acids is 1. The number of amides is 1. The zero-order chi connectivity index (χ0) is 20.5. The van der Waals surface area contributed by atoms with E-state index in [0.29, 0.717) is 19.6 Å². The molecule has 0 bridgehead atoms. The van der Waals surface area contributed by atoms with Gasteiger partial charge in [-0.1, -0.05) is 48.5 Å². The molecule has 0 fully saturated rings. The van der Waals surface area contributed by atoms with Gasteiger partial charge in [-0.25, -0.2) is 4.79 Å². The smallest absolute Gasteiger partial charge is 0.407 e. The topological polar surface area (TPSA) is 56.8 Å². The Kier molecular flexibility index (Phi) is 5.25. The molecule has 0 atom stereocenters. The number of benzene rings is 3. The lowest BCUT2D eigenvalue weighted by Crippen LogP contribution is -2.28. The Morgan fingerprint density at radius 3 is 2.33 bits per heavy atom. The molecule has 5 nitrogen and oxygen atoms in total. The first-order valence-corrected chi connectivity index (χ1v) is 11.0. The van der Waals surface area contributed by atoms with Crippen molar-refractivity contribution in [2.24, 2.45) is 0 Å². The van der Waals surface area contributed by atoms with Gasteiger partial charge in [-0.2, -0.15) is 0 Å². The van der Waals surface area contributed by atoms with E-state index < -0.39 is 6.09 Å². The zero-order valence-electron chi connectivity index (χ0n) is 16.2. The summed E-state index contributed by atoms with van der Waals surface area (Å²) in [7, 11) is 0. The Morgan fingerprint density at radius 1 is 1.00 bits per heavy atom. The van der Waals surface area contributed by atoms with Gasteiger partial charge in [0.05, 0.1) is 0 Å². The normalized spacial score (nSPS) is 13.6. The van der Waals surface area contributed by atoms with Gasteiger partial charge >= 0.3 is 6.09 Å². The summed E-state index contributed by atoms with van der Waals surface area (Å²) in [5, 5.41) is 2.86. The summed E-state index contributed by atoms with van der Waals surface area (Å²) in [6, 6.07) is 20.6. The molecule has 0 spiro atoms. The summed E-state index contributed by atoms with van der Waals surface area (Å²) in [6.07, 6.45) is 0.298. The monoisotopic (exact) mass is 513 g/mol. The van der Waals surface area contributed by atoms with Gasteiger partial charge in [-0.05, 0) is 69.0 Å². The molecule has 152 valence electrons. The summed E-state index contributed by atoms with van der Waals surface area (Å²) < 4.78 is 17.5. The van der Waals surface area contributed by atoms with Crippen molar-refractivity contribution in [2.75, 3.05) is 19.9 Å². The van der Waals surface area contributed by atoms with Crippen LogP contribution in [0.1, 0.15) is 22.6 Å². The van der Waals surface area contributed by atoms with Gasteiger partial charge in [0.15, 0.2) is 11.5 Å². The first-order chi connectivity index (χ1) is 14.7. The first kappa shape index (κ1) is 19.2. The Hall–Kier alpha value is -2.74. The predicted octanol–water partition coefficient (Wildman–Crippen LogP) is 5.10. The van der Waals surface area contributed by atoms with E-state index in [9.17, 15) is 4.79 Å². The molecule has 0 unspecified atom stereocenters. The Labute approximate surface area is 188 Å². The average molecular weight is 513 g/mol. The van der Waals surface area contributed by atoms with Crippen molar-refractivity contribution >= 4 is 28.7 Å². The summed E-state index contributed by atoms with van der Waals surface area (Å²) in [5.74, 6) is 1.59. The van der Waals surface area contributed by atoms with Gasteiger partial charge < -0.3 is 19.5 Å². The average Bonchev–Trinajstić information content (AvgIpc) is 3.34. The highest BCUT2D eigenvalue weighted by atomic mass is 127. The van der Waals surface area contributed by atoms with Gasteiger partial charge in [0.1, 0.15) is 6.61 Å². The number of hydrogen-bond donors (Lipinski definition) is 1. The summed E-state index contributed by atoms with van der Waals surface area (Å²) >= 11 is 2.27. The molecule has 0 saturated carbocycles. The van der Waals surface area contributed by atoms with Crippen LogP contribution in [0.4, 0.5) is 4.79 Å². The maximum Gasteiger partial charge on any atom is 0.407 e. The van der Waals surface area contributed by atoms with Crippen LogP contribution in [-0.2, 0) is 11.2 Å². The molecule has 1 amide bonds. The molecule has 0 aromatic heterocycles. The Balaban J connectivity index is 1.19. The summed E-state index contributed by atoms with van der Waals surface area (Å²) in [5.41, 5.74) is 5.97. The van der Waals surface area contributed by atoms with Crippen LogP contribution >= 0.6 is 22.6 Å². The highest BCUT2D eigenvalue weighted by Gasteiger charge is 2.29. The van der Waals surface area contributed by atoms with E-state index in [-0.39, 0.29) is 12.7 Å². The summed E-state index contributed by atoms with van der Waals surface area (Å²) in [4.78, 5) is 12.3. The third-order valence-electron chi connectivity index (χ3n) is 5.55. The van der Waals surface area contributed by atoms with Crippen LogP contribution in [0.5, 0.6) is 11.5 Å². The van der Waals surface area contributed by atoms with Crippen LogP contribution < -0.4 is 14.8 Å². The van der Waals surface area contributed by atoms with Crippen LogP contribution in [0.3, 0.4) is 0 Å². The van der Waals surface area contributed by atoms with E-state index in [1.165, 1.54) is 22.3 Å². The van der Waals surface area contributed by atoms with Crippen LogP contribution in [0.25, 0.3) is 11.1 Å². The molecule has 5 rings (SSSR count). The third-order valence-corrected chi connectivity index (χ3v) is 6.55. The quantitative estimate of drug-likeness (QED) is 0.483. The van der Waals surface area contributed by atoms with Gasteiger partial charge in [0.2, 0.25) is 6.79 Å². The van der Waals surface area contributed by atoms with Crippen molar-refractivity contribution in [3.63, 3.8) is 0 Å². The molecular weight excluding hydrogens is 493 g/mol. The fraction of sp³-hybridized carbons (Fsp3) is 0.208. The molecular formula is C24H20INO4. The van der Waals surface area contributed by atoms with E-state index in [1.54, 1.807) is 0 Å². The second-order valence-electron chi connectivity index (χ2n) is 7.30. The molecule has 1 heterocycles. The van der Waals surface area contributed by atoms with E-state index in [0.717, 1.165) is 20.6 Å². The maximum absolute atomic E-state index is 12.3. The lowest BCUT2D eigenvalue weighted by molar-refractivity contribution is 0.143. The van der Waals surface area contributed by atoms with Gasteiger partial charge in [0.25, 0.3) is 0 Å². The number of hydrogen-bond acceptors (Lipinski definition) is 4. The lowest BCUT2D eigenvalue weighted by Gasteiger charge is -2.14. The molecule has 6 heteroatoms. The number of rotatable bonds is 5. The van der Waals surface area contributed by atoms with E-state index in [1.807, 2.05) is 36.4 Å².